The molecule has 8 nitrogen and oxygen atoms in total. The first-order valence-electron chi connectivity index (χ1n) is 5.27. The second-order valence-corrected chi connectivity index (χ2v) is 6.36. The third kappa shape index (κ3) is 5.23. The van der Waals surface area contributed by atoms with Crippen LogP contribution in [0.25, 0.3) is 0 Å². The van der Waals surface area contributed by atoms with E-state index < -0.39 is 15.8 Å². The van der Waals surface area contributed by atoms with Crippen LogP contribution in [0.2, 0.25) is 0 Å². The highest BCUT2D eigenvalue weighted by Crippen LogP contribution is 1.94. The molecule has 0 saturated carbocycles. The quantitative estimate of drug-likeness (QED) is 0.677. The van der Waals surface area contributed by atoms with Crippen LogP contribution < -0.4 is 0 Å². The number of nitrogens with zero attached hydrogens (tertiary/aromatic N) is 4. The molecule has 0 unspecified atom stereocenters. The van der Waals surface area contributed by atoms with Gasteiger partial charge in [-0.05, 0) is 7.05 Å². The Morgan fingerprint density at radius 2 is 2.17 bits per heavy atom. The predicted molar refractivity (Wildman–Crippen MR) is 64.2 cm³/mol. The van der Waals surface area contributed by atoms with E-state index in [4.69, 9.17) is 5.11 Å². The molecule has 1 aromatic rings. The van der Waals surface area contributed by atoms with Crippen molar-refractivity contribution in [2.75, 3.05) is 32.1 Å². The highest BCUT2D eigenvalue weighted by atomic mass is 32.2. The van der Waals surface area contributed by atoms with E-state index in [2.05, 4.69) is 10.3 Å². The molecule has 0 radical (unpaired) electrons. The average Bonchev–Trinajstić information content (AvgIpc) is 2.71. The van der Waals surface area contributed by atoms with E-state index in [1.807, 2.05) is 4.90 Å². The lowest BCUT2D eigenvalue weighted by Crippen LogP contribution is -2.28. The number of aromatic carboxylic acids is 1. The Bertz CT molecular complexity index is 510. The standard InChI is InChI=1S/C9H16N4O4S/c1-12(5-6-18(2,16)17)3-4-13-7-8(9(14)15)10-11-13/h7H,3-6H2,1-2H3,(H,14,15). The smallest absolute Gasteiger partial charge is 0.358 e. The summed E-state index contributed by atoms with van der Waals surface area (Å²) in [4.78, 5) is 12.4. The van der Waals surface area contributed by atoms with Crippen molar-refractivity contribution >= 4 is 15.8 Å². The van der Waals surface area contributed by atoms with Crippen molar-refractivity contribution in [1.29, 1.82) is 0 Å². The van der Waals surface area contributed by atoms with E-state index in [1.54, 1.807) is 7.05 Å². The summed E-state index contributed by atoms with van der Waals surface area (Å²) in [5, 5.41) is 15.8. The Labute approximate surface area is 105 Å². The molecule has 0 fully saturated rings. The van der Waals surface area contributed by atoms with Crippen LogP contribution in [0.3, 0.4) is 0 Å². The zero-order valence-corrected chi connectivity index (χ0v) is 11.1. The zero-order chi connectivity index (χ0) is 13.8. The van der Waals surface area contributed by atoms with E-state index >= 15 is 0 Å². The summed E-state index contributed by atoms with van der Waals surface area (Å²) in [6.45, 7) is 1.46. The summed E-state index contributed by atoms with van der Waals surface area (Å²) in [7, 11) is -1.17. The van der Waals surface area contributed by atoms with Crippen LogP contribution in [0.1, 0.15) is 10.5 Å². The predicted octanol–water partition coefficient (Wildman–Crippen LogP) is -1.05. The number of hydrogen-bond acceptors (Lipinski definition) is 6. The topological polar surface area (TPSA) is 105 Å². The summed E-state index contributed by atoms with van der Waals surface area (Å²) in [5.74, 6) is -1.02. The molecule has 1 rings (SSSR count). The number of likely N-dealkylation sites (N-methyl/N-ethyl adjacent to an activating group) is 1. The maximum absolute atomic E-state index is 11.0. The molecule has 0 aliphatic heterocycles. The van der Waals surface area contributed by atoms with Crippen LogP contribution in [0.4, 0.5) is 0 Å². The Balaban J connectivity index is 2.37. The van der Waals surface area contributed by atoms with E-state index in [0.717, 1.165) is 0 Å². The molecule has 102 valence electrons. The zero-order valence-electron chi connectivity index (χ0n) is 10.3. The molecule has 0 aliphatic rings. The maximum atomic E-state index is 11.0. The fourth-order valence-corrected chi connectivity index (χ4v) is 1.86. The van der Waals surface area contributed by atoms with Crippen molar-refractivity contribution in [3.8, 4) is 0 Å². The van der Waals surface area contributed by atoms with Gasteiger partial charge in [0, 0.05) is 19.3 Å². The minimum absolute atomic E-state index is 0.0984. The Morgan fingerprint density at radius 1 is 1.50 bits per heavy atom. The monoisotopic (exact) mass is 276 g/mol. The molecule has 0 spiro atoms. The number of aromatic nitrogens is 3. The second-order valence-electron chi connectivity index (χ2n) is 4.11. The Kier molecular flexibility index (Phi) is 4.79. The first kappa shape index (κ1) is 14.6. The molecule has 0 bridgehead atoms. The number of carboxylic acids is 1. The van der Waals surface area contributed by atoms with Gasteiger partial charge in [-0.15, -0.1) is 5.10 Å². The summed E-state index contributed by atoms with van der Waals surface area (Å²) in [6.07, 6.45) is 2.53. The van der Waals surface area contributed by atoms with Gasteiger partial charge in [0.05, 0.1) is 18.5 Å². The fraction of sp³-hybridized carbons (Fsp3) is 0.667. The minimum Gasteiger partial charge on any atom is -0.476 e. The molecule has 1 heterocycles. The van der Waals surface area contributed by atoms with E-state index in [9.17, 15) is 13.2 Å². The van der Waals surface area contributed by atoms with Gasteiger partial charge in [0.25, 0.3) is 0 Å². The molecule has 0 saturated heterocycles. The largest absolute Gasteiger partial charge is 0.476 e. The molecule has 18 heavy (non-hydrogen) atoms. The van der Waals surface area contributed by atoms with Crippen molar-refractivity contribution in [2.45, 2.75) is 6.54 Å². The molecular weight excluding hydrogens is 260 g/mol. The van der Waals surface area contributed by atoms with Crippen LogP contribution in [0.5, 0.6) is 0 Å². The van der Waals surface area contributed by atoms with Crippen LogP contribution in [0, 0.1) is 0 Å². The number of rotatable bonds is 7. The van der Waals surface area contributed by atoms with E-state index in [-0.39, 0.29) is 11.4 Å². The highest BCUT2D eigenvalue weighted by molar-refractivity contribution is 7.90. The number of hydrogen-bond donors (Lipinski definition) is 1. The third-order valence-electron chi connectivity index (χ3n) is 2.31. The van der Waals surface area contributed by atoms with Crippen LogP contribution in [0.15, 0.2) is 6.20 Å². The van der Waals surface area contributed by atoms with Gasteiger partial charge in [0.15, 0.2) is 5.69 Å². The van der Waals surface area contributed by atoms with Gasteiger partial charge in [-0.2, -0.15) is 0 Å². The van der Waals surface area contributed by atoms with Crippen molar-refractivity contribution in [1.82, 2.24) is 19.9 Å². The van der Waals surface area contributed by atoms with Gasteiger partial charge in [-0.25, -0.2) is 13.2 Å². The van der Waals surface area contributed by atoms with Crippen molar-refractivity contribution < 1.29 is 18.3 Å². The summed E-state index contributed by atoms with van der Waals surface area (Å²) in [5.41, 5.74) is -0.103. The molecule has 0 amide bonds. The SMILES string of the molecule is CN(CCn1cc(C(=O)O)nn1)CCS(C)(=O)=O. The van der Waals surface area contributed by atoms with E-state index in [0.29, 0.717) is 19.6 Å². The van der Waals surface area contributed by atoms with Gasteiger partial charge < -0.3 is 10.0 Å². The average molecular weight is 276 g/mol. The van der Waals surface area contributed by atoms with Gasteiger partial charge in [0.1, 0.15) is 9.84 Å². The molecule has 9 heteroatoms. The number of carbonyl (C=O) groups is 1. The Hall–Kier alpha value is -1.48. The van der Waals surface area contributed by atoms with Gasteiger partial charge in [-0.3, -0.25) is 4.68 Å². The van der Waals surface area contributed by atoms with E-state index in [1.165, 1.54) is 17.1 Å². The van der Waals surface area contributed by atoms with Crippen LogP contribution in [-0.4, -0.2) is 71.5 Å². The highest BCUT2D eigenvalue weighted by Gasteiger charge is 2.09. The van der Waals surface area contributed by atoms with Crippen LogP contribution >= 0.6 is 0 Å². The number of sulfone groups is 1. The second kappa shape index (κ2) is 5.91. The minimum atomic E-state index is -2.96. The van der Waals surface area contributed by atoms with Gasteiger partial charge in [0.2, 0.25) is 0 Å². The lowest BCUT2D eigenvalue weighted by Gasteiger charge is -2.15. The third-order valence-corrected chi connectivity index (χ3v) is 3.24. The van der Waals surface area contributed by atoms with Gasteiger partial charge in [-0.1, -0.05) is 5.21 Å². The van der Waals surface area contributed by atoms with Crippen molar-refractivity contribution in [2.24, 2.45) is 0 Å². The molecular formula is C9H16N4O4S. The normalized spacial score (nSPS) is 11.9. The summed E-state index contributed by atoms with van der Waals surface area (Å²) >= 11 is 0. The fourth-order valence-electron chi connectivity index (χ4n) is 1.21. The maximum Gasteiger partial charge on any atom is 0.358 e. The molecule has 1 N–H and O–H groups in total. The molecule has 0 aliphatic carbocycles. The Morgan fingerprint density at radius 3 is 2.67 bits per heavy atom. The van der Waals surface area contributed by atoms with Gasteiger partial charge >= 0.3 is 5.97 Å². The molecule has 0 aromatic carbocycles. The first-order chi connectivity index (χ1) is 8.28. The lowest BCUT2D eigenvalue weighted by atomic mass is 10.5. The molecule has 1 aromatic heterocycles. The number of carboxylic acid groups (broad SMARTS) is 1. The lowest BCUT2D eigenvalue weighted by molar-refractivity contribution is 0.0690. The van der Waals surface area contributed by atoms with Crippen molar-refractivity contribution in [3.05, 3.63) is 11.9 Å². The van der Waals surface area contributed by atoms with Crippen molar-refractivity contribution in [3.63, 3.8) is 0 Å². The first-order valence-corrected chi connectivity index (χ1v) is 7.33. The van der Waals surface area contributed by atoms with Crippen LogP contribution in [-0.2, 0) is 16.4 Å². The summed E-state index contributed by atoms with van der Waals surface area (Å²) < 4.78 is 23.4. The summed E-state index contributed by atoms with van der Waals surface area (Å²) in [6, 6.07) is 0. The molecule has 0 atom stereocenters.